The molecule has 1 aliphatic carbocycles. The van der Waals surface area contributed by atoms with E-state index < -0.39 is 12.1 Å². The molecule has 7 nitrogen and oxygen atoms in total. The largest absolute Gasteiger partial charge is 0.336 e. The maximum absolute atomic E-state index is 13.6. The number of piperidine rings is 3. The van der Waals surface area contributed by atoms with E-state index in [-0.39, 0.29) is 24.3 Å². The van der Waals surface area contributed by atoms with E-state index in [1.807, 2.05) is 29.2 Å². The van der Waals surface area contributed by atoms with Gasteiger partial charge >= 0.3 is 6.03 Å². The zero-order valence-corrected chi connectivity index (χ0v) is 21.5. The van der Waals surface area contributed by atoms with E-state index in [0.717, 1.165) is 31.5 Å². The van der Waals surface area contributed by atoms with Crippen molar-refractivity contribution in [2.45, 2.75) is 82.8 Å². The van der Waals surface area contributed by atoms with Crippen molar-refractivity contribution in [2.75, 3.05) is 24.5 Å². The van der Waals surface area contributed by atoms with Gasteiger partial charge in [-0.2, -0.15) is 0 Å². The summed E-state index contributed by atoms with van der Waals surface area (Å²) in [6.45, 7) is 7.21. The highest BCUT2D eigenvalue weighted by molar-refractivity contribution is 6.22. The summed E-state index contributed by atoms with van der Waals surface area (Å²) in [7, 11) is 0. The van der Waals surface area contributed by atoms with E-state index >= 15 is 0 Å². The van der Waals surface area contributed by atoms with Gasteiger partial charge in [0.1, 0.15) is 6.04 Å². The quantitative estimate of drug-likeness (QED) is 0.511. The van der Waals surface area contributed by atoms with Crippen LogP contribution in [0.15, 0.2) is 35.9 Å². The molecule has 4 aliphatic heterocycles. The average Bonchev–Trinajstić information content (AvgIpc) is 3.16. The molecule has 4 amide bonds. The predicted molar refractivity (Wildman–Crippen MR) is 139 cm³/mol. The first-order valence-corrected chi connectivity index (χ1v) is 13.9. The summed E-state index contributed by atoms with van der Waals surface area (Å²) < 4.78 is 0. The minimum absolute atomic E-state index is 0.0135. The first-order chi connectivity index (χ1) is 17.4. The molecule has 7 heteroatoms. The summed E-state index contributed by atoms with van der Waals surface area (Å²) in [6.07, 6.45) is 9.66. The van der Waals surface area contributed by atoms with Crippen LogP contribution in [0.3, 0.4) is 0 Å². The van der Waals surface area contributed by atoms with Crippen molar-refractivity contribution in [3.63, 3.8) is 0 Å². The standard InChI is InChI=1S/C29H38N4O3/c1-18(2)19-8-10-23(11-9-19)33-28(35)24(30-29(33)36)16-26(34)32-13-5-6-20-14-21-15-22(27(20)32)17-31-12-4-3-7-25(21)31/h8-11,14,18,21-22,24-25,27H,3-7,12-13,15-17H2,1-2H3,(H,30,36)/t21-,22-,24-,25+,27-/m0/s1. The zero-order valence-electron chi connectivity index (χ0n) is 21.5. The second kappa shape index (κ2) is 9.33. The van der Waals surface area contributed by atoms with Crippen LogP contribution >= 0.6 is 0 Å². The van der Waals surface area contributed by atoms with E-state index in [9.17, 15) is 14.4 Å². The molecule has 192 valence electrons. The molecule has 5 atom stereocenters. The van der Waals surface area contributed by atoms with Crippen LogP contribution in [0.5, 0.6) is 0 Å². The van der Waals surface area contributed by atoms with Crippen molar-refractivity contribution in [3.8, 4) is 0 Å². The maximum atomic E-state index is 13.6. The van der Waals surface area contributed by atoms with E-state index in [1.54, 1.807) is 0 Å². The maximum Gasteiger partial charge on any atom is 0.329 e. The molecule has 36 heavy (non-hydrogen) atoms. The van der Waals surface area contributed by atoms with Crippen molar-refractivity contribution in [1.29, 1.82) is 0 Å². The molecule has 4 fully saturated rings. The molecule has 0 unspecified atom stereocenters. The van der Waals surface area contributed by atoms with Gasteiger partial charge in [0.2, 0.25) is 5.91 Å². The lowest BCUT2D eigenvalue weighted by molar-refractivity contribution is -0.138. The molecule has 4 saturated heterocycles. The molecule has 0 aromatic heterocycles. The van der Waals surface area contributed by atoms with Gasteiger partial charge in [-0.15, -0.1) is 0 Å². The lowest BCUT2D eigenvalue weighted by Gasteiger charge is -2.54. The highest BCUT2D eigenvalue weighted by Crippen LogP contribution is 2.45. The molecule has 4 heterocycles. The van der Waals surface area contributed by atoms with Crippen molar-refractivity contribution < 1.29 is 14.4 Å². The smallest absolute Gasteiger partial charge is 0.329 e. The Hall–Kier alpha value is -2.67. The number of rotatable bonds is 4. The van der Waals surface area contributed by atoms with Gasteiger partial charge in [-0.25, -0.2) is 9.69 Å². The Bertz CT molecular complexity index is 1080. The second-order valence-corrected chi connectivity index (χ2v) is 11.7. The Morgan fingerprint density at radius 3 is 2.67 bits per heavy atom. The van der Waals surface area contributed by atoms with Crippen molar-refractivity contribution in [1.82, 2.24) is 15.1 Å². The summed E-state index contributed by atoms with van der Waals surface area (Å²) in [4.78, 5) is 45.5. The minimum Gasteiger partial charge on any atom is -0.336 e. The van der Waals surface area contributed by atoms with E-state index in [4.69, 9.17) is 0 Å². The molecule has 0 saturated carbocycles. The van der Waals surface area contributed by atoms with Crippen LogP contribution in [0, 0.1) is 11.8 Å². The number of likely N-dealkylation sites (tertiary alicyclic amines) is 1. The molecule has 1 aromatic carbocycles. The highest BCUT2D eigenvalue weighted by atomic mass is 16.2. The van der Waals surface area contributed by atoms with Crippen LogP contribution in [0.4, 0.5) is 10.5 Å². The van der Waals surface area contributed by atoms with E-state index in [2.05, 4.69) is 30.1 Å². The Balaban J connectivity index is 1.17. The highest BCUT2D eigenvalue weighted by Gasteiger charge is 2.48. The molecular weight excluding hydrogens is 452 g/mol. The number of hydrogen-bond donors (Lipinski definition) is 1. The lowest BCUT2D eigenvalue weighted by atomic mass is 9.68. The fraction of sp³-hybridized carbons (Fsp3) is 0.621. The van der Waals surface area contributed by atoms with Gasteiger partial charge in [0.15, 0.2) is 0 Å². The number of fused-ring (bicyclic) bond motifs is 6. The number of carbonyl (C=O) groups excluding carboxylic acids is 3. The van der Waals surface area contributed by atoms with Crippen LogP contribution in [0.25, 0.3) is 0 Å². The first kappa shape index (κ1) is 23.7. The number of benzene rings is 1. The minimum atomic E-state index is -0.807. The summed E-state index contributed by atoms with van der Waals surface area (Å²) in [5, 5.41) is 2.78. The molecule has 6 rings (SSSR count). The number of anilines is 1. The summed E-state index contributed by atoms with van der Waals surface area (Å²) in [6, 6.07) is 7.11. The molecule has 5 aliphatic rings. The molecule has 1 N–H and O–H groups in total. The van der Waals surface area contributed by atoms with Crippen molar-refractivity contribution in [3.05, 3.63) is 41.5 Å². The molecule has 1 aromatic rings. The molecule has 0 spiro atoms. The van der Waals surface area contributed by atoms with Crippen LogP contribution < -0.4 is 10.2 Å². The Morgan fingerprint density at radius 1 is 1.08 bits per heavy atom. The molecule has 0 radical (unpaired) electrons. The topological polar surface area (TPSA) is 73.0 Å². The average molecular weight is 491 g/mol. The fourth-order valence-corrected chi connectivity index (χ4v) is 7.47. The third kappa shape index (κ3) is 4.05. The van der Waals surface area contributed by atoms with Gasteiger partial charge in [0.05, 0.1) is 18.2 Å². The van der Waals surface area contributed by atoms with Crippen molar-refractivity contribution >= 4 is 23.5 Å². The third-order valence-corrected chi connectivity index (χ3v) is 9.19. The Labute approximate surface area is 213 Å². The SMILES string of the molecule is CC(C)c1ccc(N2C(=O)N[C@@H](CC(=O)N3CCCC4=C[C@H]5C[C@@H](CN6CCCC[C@H]56)[C@H]43)C2=O)cc1. The summed E-state index contributed by atoms with van der Waals surface area (Å²) in [5.41, 5.74) is 3.14. The van der Waals surface area contributed by atoms with Gasteiger partial charge in [-0.05, 0) is 74.1 Å². The van der Waals surface area contributed by atoms with Crippen LogP contribution in [-0.2, 0) is 9.59 Å². The number of urea groups is 1. The summed E-state index contributed by atoms with van der Waals surface area (Å²) in [5.74, 6) is 1.11. The van der Waals surface area contributed by atoms with Crippen LogP contribution in [-0.4, -0.2) is 65.4 Å². The number of imide groups is 1. The monoisotopic (exact) mass is 490 g/mol. The molecule has 2 bridgehead atoms. The van der Waals surface area contributed by atoms with Gasteiger partial charge in [0.25, 0.3) is 5.91 Å². The fourth-order valence-electron chi connectivity index (χ4n) is 7.47. The number of nitrogens with one attached hydrogen (secondary N) is 1. The van der Waals surface area contributed by atoms with Crippen LogP contribution in [0.2, 0.25) is 0 Å². The van der Waals surface area contributed by atoms with Gasteiger partial charge < -0.3 is 10.2 Å². The van der Waals surface area contributed by atoms with Gasteiger partial charge in [0, 0.05) is 19.1 Å². The van der Waals surface area contributed by atoms with E-state index in [0.29, 0.717) is 29.5 Å². The number of nitrogens with zero attached hydrogens (tertiary/aromatic N) is 3. The third-order valence-electron chi connectivity index (χ3n) is 9.19. The van der Waals surface area contributed by atoms with E-state index in [1.165, 1.54) is 42.7 Å². The second-order valence-electron chi connectivity index (χ2n) is 11.7. The molecular formula is C29H38N4O3. The Kier molecular flexibility index (Phi) is 6.14. The van der Waals surface area contributed by atoms with Crippen LogP contribution in [0.1, 0.15) is 70.3 Å². The Morgan fingerprint density at radius 2 is 1.89 bits per heavy atom. The van der Waals surface area contributed by atoms with Gasteiger partial charge in [-0.1, -0.05) is 44.1 Å². The number of amides is 4. The number of carbonyl (C=O) groups is 3. The zero-order chi connectivity index (χ0) is 25.0. The van der Waals surface area contributed by atoms with Crippen molar-refractivity contribution in [2.24, 2.45) is 11.8 Å². The van der Waals surface area contributed by atoms with Gasteiger partial charge in [-0.3, -0.25) is 14.5 Å². The first-order valence-electron chi connectivity index (χ1n) is 13.9. The normalized spacial score (nSPS) is 32.2. The predicted octanol–water partition coefficient (Wildman–Crippen LogP) is 4.05. The number of hydrogen-bond acceptors (Lipinski definition) is 4. The lowest BCUT2D eigenvalue weighted by Crippen LogP contribution is -2.60. The summed E-state index contributed by atoms with van der Waals surface area (Å²) >= 11 is 0.